The zero-order valence-corrected chi connectivity index (χ0v) is 27.9. The molecule has 4 aromatic rings. The van der Waals surface area contributed by atoms with Gasteiger partial charge in [-0.25, -0.2) is 0 Å². The molecule has 0 saturated heterocycles. The van der Waals surface area contributed by atoms with Crippen molar-refractivity contribution in [3.63, 3.8) is 0 Å². The normalized spacial score (nSPS) is 12.5. The van der Waals surface area contributed by atoms with Gasteiger partial charge in [0.05, 0.1) is 0 Å². The van der Waals surface area contributed by atoms with E-state index in [9.17, 15) is 0 Å². The Labute approximate surface area is 249 Å². The van der Waals surface area contributed by atoms with E-state index in [0.717, 1.165) is 34.3 Å². The van der Waals surface area contributed by atoms with Crippen LogP contribution >= 0.6 is 0 Å². The fraction of sp³-hybridized carbons (Fsp3) is 0.351. The Morgan fingerprint density at radius 1 is 0.463 bits per heavy atom. The zero-order chi connectivity index (χ0) is 30.0. The van der Waals surface area contributed by atoms with Crippen LogP contribution in [-0.2, 0) is 16.2 Å². The van der Waals surface area contributed by atoms with Gasteiger partial charge in [0.2, 0.25) is 0 Å². The van der Waals surface area contributed by atoms with E-state index in [0.29, 0.717) is 0 Å². The van der Waals surface area contributed by atoms with Gasteiger partial charge in [-0.2, -0.15) is 0 Å². The van der Waals surface area contributed by atoms with Crippen LogP contribution in [0, 0.1) is 6.92 Å². The van der Waals surface area contributed by atoms with Crippen LogP contribution in [0.15, 0.2) is 84.9 Å². The highest BCUT2D eigenvalue weighted by atomic mass is 28.2. The molecule has 0 aliphatic rings. The summed E-state index contributed by atoms with van der Waals surface area (Å²) in [7, 11) is -0.914. The summed E-state index contributed by atoms with van der Waals surface area (Å²) >= 11 is 0. The Morgan fingerprint density at radius 3 is 1.32 bits per heavy atom. The van der Waals surface area contributed by atoms with Crippen molar-refractivity contribution >= 4 is 14.9 Å². The highest BCUT2D eigenvalue weighted by Crippen LogP contribution is 2.38. The molecule has 0 bridgehead atoms. The van der Waals surface area contributed by atoms with Crippen molar-refractivity contribution in [1.29, 1.82) is 0 Å². The number of aryl methyl sites for hydroxylation is 1. The van der Waals surface area contributed by atoms with Crippen molar-refractivity contribution in [2.75, 3.05) is 0 Å². The fourth-order valence-corrected chi connectivity index (χ4v) is 5.49. The Bertz CT molecular complexity index is 1490. The largest absolute Gasteiger partial charge is 0.545 e. The predicted octanol–water partition coefficient (Wildman–Crippen LogP) is 9.26. The first-order valence-corrected chi connectivity index (χ1v) is 15.8. The van der Waals surface area contributed by atoms with E-state index in [1.807, 2.05) is 18.2 Å². The molecule has 0 fully saturated rings. The predicted molar refractivity (Wildman–Crippen MR) is 176 cm³/mol. The summed E-state index contributed by atoms with van der Waals surface area (Å²) in [5, 5.41) is 1.27. The first kappa shape index (κ1) is 30.5. The summed E-state index contributed by atoms with van der Waals surface area (Å²) in [6, 6.07) is 29.4. The van der Waals surface area contributed by atoms with E-state index in [1.54, 1.807) is 0 Å². The van der Waals surface area contributed by atoms with Crippen LogP contribution in [-0.4, -0.2) is 9.76 Å². The Balaban J connectivity index is 1.69. The molecule has 0 N–H and O–H groups in total. The van der Waals surface area contributed by atoms with Crippen LogP contribution in [0.25, 0.3) is 0 Å². The molecule has 216 valence electrons. The van der Waals surface area contributed by atoms with E-state index in [1.165, 1.54) is 21.9 Å². The summed E-state index contributed by atoms with van der Waals surface area (Å²) < 4.78 is 19.4. The van der Waals surface area contributed by atoms with Gasteiger partial charge in [0, 0.05) is 12.1 Å². The standard InChI is InChI=1S/C37H46O3Si/c1-25-16-26(35(2,3)4)18-29(17-25)38-30-19-27(36(5,6)7)20-31(23-30)39-32-21-28(37(8,9)10)22-33(24-32)40-41-34-14-12-11-13-15-34/h11-24H,41H2,1-10H3. The molecule has 4 rings (SSSR count). The third kappa shape index (κ3) is 8.50. The SMILES string of the molecule is Cc1cc(Oc2cc(Oc3cc(O[SiH2]c4ccccc4)cc(C(C)(C)C)c3)cc(C(C)(C)C)c2)cc(C(C)(C)C)c1. The minimum atomic E-state index is -0.914. The lowest BCUT2D eigenvalue weighted by molar-refractivity contribution is 0.449. The quantitative estimate of drug-likeness (QED) is 0.209. The van der Waals surface area contributed by atoms with Crippen LogP contribution in [0.2, 0.25) is 0 Å². The lowest BCUT2D eigenvalue weighted by Crippen LogP contribution is -2.20. The molecule has 0 unspecified atom stereocenters. The molecule has 0 spiro atoms. The monoisotopic (exact) mass is 566 g/mol. The van der Waals surface area contributed by atoms with Gasteiger partial charge in [-0.05, 0) is 87.0 Å². The molecule has 4 heteroatoms. The average Bonchev–Trinajstić information content (AvgIpc) is 2.86. The van der Waals surface area contributed by atoms with Gasteiger partial charge in [0.25, 0.3) is 9.76 Å². The van der Waals surface area contributed by atoms with Crippen LogP contribution in [0.4, 0.5) is 0 Å². The summed E-state index contributed by atoms with van der Waals surface area (Å²) in [6.45, 7) is 22.1. The van der Waals surface area contributed by atoms with Crippen LogP contribution in [0.1, 0.15) is 84.6 Å². The summed E-state index contributed by atoms with van der Waals surface area (Å²) in [4.78, 5) is 0. The Hall–Kier alpha value is -3.50. The number of hydrogen-bond acceptors (Lipinski definition) is 3. The van der Waals surface area contributed by atoms with Crippen molar-refractivity contribution < 1.29 is 13.9 Å². The van der Waals surface area contributed by atoms with Gasteiger partial charge >= 0.3 is 0 Å². The van der Waals surface area contributed by atoms with E-state index in [2.05, 4.69) is 136 Å². The van der Waals surface area contributed by atoms with Crippen LogP contribution in [0.5, 0.6) is 28.7 Å². The van der Waals surface area contributed by atoms with E-state index in [-0.39, 0.29) is 16.2 Å². The van der Waals surface area contributed by atoms with Gasteiger partial charge in [-0.15, -0.1) is 0 Å². The van der Waals surface area contributed by atoms with Gasteiger partial charge in [-0.3, -0.25) is 0 Å². The smallest absolute Gasteiger partial charge is 0.251 e. The molecule has 3 nitrogen and oxygen atoms in total. The lowest BCUT2D eigenvalue weighted by atomic mass is 9.86. The third-order valence-corrected chi connectivity index (χ3v) is 8.41. The molecule has 0 atom stereocenters. The van der Waals surface area contributed by atoms with Crippen LogP contribution < -0.4 is 19.1 Å². The van der Waals surface area contributed by atoms with E-state index >= 15 is 0 Å². The molecule has 4 aromatic carbocycles. The van der Waals surface area contributed by atoms with Gasteiger partial charge in [-0.1, -0.05) is 98.7 Å². The lowest BCUT2D eigenvalue weighted by Gasteiger charge is -2.24. The van der Waals surface area contributed by atoms with Crippen molar-refractivity contribution in [2.24, 2.45) is 0 Å². The second-order valence-electron chi connectivity index (χ2n) is 14.1. The number of ether oxygens (including phenoxy) is 2. The highest BCUT2D eigenvalue weighted by Gasteiger charge is 2.20. The molecule has 0 aromatic heterocycles. The first-order chi connectivity index (χ1) is 19.1. The van der Waals surface area contributed by atoms with Crippen molar-refractivity contribution in [2.45, 2.75) is 85.5 Å². The molecule has 0 amide bonds. The molecular formula is C37H46O3Si. The maximum absolute atomic E-state index is 6.58. The summed E-state index contributed by atoms with van der Waals surface area (Å²) in [6.07, 6.45) is 0. The second kappa shape index (κ2) is 11.8. The van der Waals surface area contributed by atoms with Crippen LogP contribution in [0.3, 0.4) is 0 Å². The summed E-state index contributed by atoms with van der Waals surface area (Å²) in [5.41, 5.74) is 4.65. The molecule has 0 radical (unpaired) electrons. The minimum Gasteiger partial charge on any atom is -0.545 e. The van der Waals surface area contributed by atoms with Crippen molar-refractivity contribution in [3.05, 3.63) is 107 Å². The Morgan fingerprint density at radius 2 is 0.854 bits per heavy atom. The maximum Gasteiger partial charge on any atom is 0.251 e. The number of hydrogen-bond donors (Lipinski definition) is 0. The molecular weight excluding hydrogens is 520 g/mol. The van der Waals surface area contributed by atoms with Crippen molar-refractivity contribution in [3.8, 4) is 28.7 Å². The highest BCUT2D eigenvalue weighted by molar-refractivity contribution is 6.47. The fourth-order valence-electron chi connectivity index (χ4n) is 4.52. The summed E-state index contributed by atoms with van der Waals surface area (Å²) in [5.74, 6) is 3.95. The molecule has 0 aliphatic carbocycles. The number of benzene rings is 4. The molecule has 0 heterocycles. The van der Waals surface area contributed by atoms with E-state index < -0.39 is 9.76 Å². The first-order valence-electron chi connectivity index (χ1n) is 14.5. The minimum absolute atomic E-state index is 0.0346. The maximum atomic E-state index is 6.58. The van der Waals surface area contributed by atoms with Gasteiger partial charge < -0.3 is 13.9 Å². The number of rotatable bonds is 7. The molecule has 0 aliphatic heterocycles. The van der Waals surface area contributed by atoms with Gasteiger partial charge in [0.15, 0.2) is 0 Å². The molecule has 41 heavy (non-hydrogen) atoms. The second-order valence-corrected chi connectivity index (χ2v) is 15.5. The molecule has 0 saturated carbocycles. The van der Waals surface area contributed by atoms with E-state index in [4.69, 9.17) is 13.9 Å². The third-order valence-electron chi connectivity index (χ3n) is 7.13. The average molecular weight is 567 g/mol. The zero-order valence-electron chi connectivity index (χ0n) is 26.5. The van der Waals surface area contributed by atoms with Gasteiger partial charge in [0.1, 0.15) is 28.7 Å². The Kier molecular flexibility index (Phi) is 8.75. The topological polar surface area (TPSA) is 27.7 Å². The van der Waals surface area contributed by atoms with Crippen molar-refractivity contribution in [1.82, 2.24) is 0 Å².